The minimum absolute atomic E-state index is 0.0295. The summed E-state index contributed by atoms with van der Waals surface area (Å²) in [6.45, 7) is 5.78. The highest BCUT2D eigenvalue weighted by molar-refractivity contribution is 5.68. The average Bonchev–Trinajstić information content (AvgIpc) is 2.95. The first-order chi connectivity index (χ1) is 13.6. The standard InChI is InChI=1S/C22H31NO6/c1-21(2,3)29-20(26)23(4)13-14-6-7-16(27-5)19-18(14)22(10-11-24)9-8-15(25)12-17(22)28-19/h6-9,15,17,24-25H,10-13H2,1-5H3/t15?,17-,22-/m0/s1. The molecule has 0 saturated carbocycles. The number of nitrogens with zero attached hydrogens (tertiary/aromatic N) is 1. The Balaban J connectivity index is 2.03. The lowest BCUT2D eigenvalue weighted by molar-refractivity contribution is 0.0284. The van der Waals surface area contributed by atoms with Gasteiger partial charge in [-0.25, -0.2) is 4.79 Å². The SMILES string of the molecule is COc1ccc(CN(C)C(=O)OC(C)(C)C)c2c1O[C@H]1CC(O)C=C[C@@]21CCO. The summed E-state index contributed by atoms with van der Waals surface area (Å²) in [6, 6.07) is 3.74. The fourth-order valence-electron chi connectivity index (χ4n) is 4.18. The largest absolute Gasteiger partial charge is 0.493 e. The van der Waals surface area contributed by atoms with Gasteiger partial charge in [-0.3, -0.25) is 0 Å². The summed E-state index contributed by atoms with van der Waals surface area (Å²) in [5.41, 5.74) is 0.629. The van der Waals surface area contributed by atoms with Crippen LogP contribution in [0.5, 0.6) is 11.5 Å². The molecular formula is C22H31NO6. The molecule has 0 fully saturated rings. The summed E-state index contributed by atoms with van der Waals surface area (Å²) < 4.78 is 17.2. The van der Waals surface area contributed by atoms with Gasteiger partial charge in [-0.15, -0.1) is 0 Å². The van der Waals surface area contributed by atoms with Crippen LogP contribution in [-0.2, 0) is 16.7 Å². The number of aliphatic hydroxyl groups is 2. The molecule has 2 N–H and O–H groups in total. The lowest BCUT2D eigenvalue weighted by Gasteiger charge is -2.36. The fraction of sp³-hybridized carbons (Fsp3) is 0.591. The Morgan fingerprint density at radius 3 is 2.72 bits per heavy atom. The van der Waals surface area contributed by atoms with Gasteiger partial charge < -0.3 is 29.3 Å². The molecule has 1 aromatic rings. The first-order valence-corrected chi connectivity index (χ1v) is 9.90. The summed E-state index contributed by atoms with van der Waals surface area (Å²) >= 11 is 0. The zero-order chi connectivity index (χ0) is 21.4. The minimum Gasteiger partial charge on any atom is -0.493 e. The van der Waals surface area contributed by atoms with Gasteiger partial charge in [0.2, 0.25) is 0 Å². The molecule has 3 atom stereocenters. The van der Waals surface area contributed by atoms with Crippen LogP contribution in [0.2, 0.25) is 0 Å². The molecule has 7 heteroatoms. The Morgan fingerprint density at radius 2 is 2.10 bits per heavy atom. The molecule has 2 aliphatic rings. The number of benzene rings is 1. The van der Waals surface area contributed by atoms with Crippen molar-refractivity contribution in [2.75, 3.05) is 20.8 Å². The van der Waals surface area contributed by atoms with E-state index < -0.39 is 23.2 Å². The Labute approximate surface area is 171 Å². The maximum absolute atomic E-state index is 12.5. The van der Waals surface area contributed by atoms with Gasteiger partial charge in [0.1, 0.15) is 11.7 Å². The molecule has 0 radical (unpaired) electrons. The number of methoxy groups -OCH3 is 1. The molecule has 0 bridgehead atoms. The van der Waals surface area contributed by atoms with Gasteiger partial charge in [0.15, 0.2) is 11.5 Å². The third-order valence-electron chi connectivity index (χ3n) is 5.44. The van der Waals surface area contributed by atoms with Crippen LogP contribution in [0, 0.1) is 0 Å². The van der Waals surface area contributed by atoms with Gasteiger partial charge in [0, 0.05) is 32.2 Å². The number of aliphatic hydroxyl groups excluding tert-OH is 2. The Kier molecular flexibility index (Phi) is 5.83. The zero-order valence-electron chi connectivity index (χ0n) is 17.8. The second-order valence-electron chi connectivity index (χ2n) is 8.75. The van der Waals surface area contributed by atoms with Crippen molar-refractivity contribution in [2.24, 2.45) is 0 Å². The van der Waals surface area contributed by atoms with Gasteiger partial charge >= 0.3 is 6.09 Å². The van der Waals surface area contributed by atoms with Gasteiger partial charge in [0.25, 0.3) is 0 Å². The van der Waals surface area contributed by atoms with Gasteiger partial charge in [-0.1, -0.05) is 18.2 Å². The van der Waals surface area contributed by atoms with Crippen molar-refractivity contribution in [3.8, 4) is 11.5 Å². The minimum atomic E-state index is -0.597. The predicted molar refractivity (Wildman–Crippen MR) is 108 cm³/mol. The number of rotatable bonds is 5. The van der Waals surface area contributed by atoms with Crippen molar-refractivity contribution < 1.29 is 29.2 Å². The topological polar surface area (TPSA) is 88.5 Å². The second kappa shape index (κ2) is 7.88. The molecule has 7 nitrogen and oxygen atoms in total. The van der Waals surface area contributed by atoms with E-state index in [2.05, 4.69) is 0 Å². The predicted octanol–water partition coefficient (Wildman–Crippen LogP) is 2.76. The Morgan fingerprint density at radius 1 is 1.38 bits per heavy atom. The molecule has 0 saturated heterocycles. The van der Waals surface area contributed by atoms with E-state index in [1.54, 1.807) is 20.2 Å². The number of carbonyl (C=O) groups excluding carboxylic acids is 1. The molecule has 160 valence electrons. The maximum atomic E-state index is 12.5. The van der Waals surface area contributed by atoms with Crippen molar-refractivity contribution in [2.45, 2.75) is 63.4 Å². The van der Waals surface area contributed by atoms with Crippen LogP contribution in [-0.4, -0.2) is 59.8 Å². The van der Waals surface area contributed by atoms with Gasteiger partial charge in [-0.2, -0.15) is 0 Å². The van der Waals surface area contributed by atoms with Crippen LogP contribution < -0.4 is 9.47 Å². The third kappa shape index (κ3) is 4.07. The first kappa shape index (κ1) is 21.5. The van der Waals surface area contributed by atoms with E-state index in [0.29, 0.717) is 30.9 Å². The molecule has 1 aliphatic carbocycles. The molecule has 1 heterocycles. The number of hydrogen-bond donors (Lipinski definition) is 2. The molecule has 1 aromatic carbocycles. The van der Waals surface area contributed by atoms with Gasteiger partial charge in [-0.05, 0) is 38.8 Å². The van der Waals surface area contributed by atoms with Crippen LogP contribution in [0.1, 0.15) is 44.7 Å². The van der Waals surface area contributed by atoms with Crippen LogP contribution in [0.3, 0.4) is 0 Å². The Bertz CT molecular complexity index is 799. The summed E-state index contributed by atoms with van der Waals surface area (Å²) in [4.78, 5) is 14.0. The molecule has 1 aliphatic heterocycles. The number of amides is 1. The lowest BCUT2D eigenvalue weighted by atomic mass is 9.68. The summed E-state index contributed by atoms with van der Waals surface area (Å²) in [5, 5.41) is 19.9. The fourth-order valence-corrected chi connectivity index (χ4v) is 4.18. The van der Waals surface area contributed by atoms with E-state index >= 15 is 0 Å². The monoisotopic (exact) mass is 405 g/mol. The quantitative estimate of drug-likeness (QED) is 0.733. The van der Waals surface area contributed by atoms with Crippen molar-refractivity contribution in [3.05, 3.63) is 35.4 Å². The normalized spacial score (nSPS) is 25.1. The van der Waals surface area contributed by atoms with Crippen molar-refractivity contribution in [3.63, 3.8) is 0 Å². The van der Waals surface area contributed by atoms with E-state index in [-0.39, 0.29) is 12.7 Å². The zero-order valence-corrected chi connectivity index (χ0v) is 17.8. The molecule has 1 unspecified atom stereocenters. The van der Waals surface area contributed by atoms with E-state index in [9.17, 15) is 15.0 Å². The van der Waals surface area contributed by atoms with Crippen molar-refractivity contribution >= 4 is 6.09 Å². The number of ether oxygens (including phenoxy) is 3. The number of fused-ring (bicyclic) bond motifs is 3. The summed E-state index contributed by atoms with van der Waals surface area (Å²) in [6.07, 6.45) is 3.24. The van der Waals surface area contributed by atoms with E-state index in [4.69, 9.17) is 14.2 Å². The number of hydrogen-bond acceptors (Lipinski definition) is 6. The number of carbonyl (C=O) groups is 1. The van der Waals surface area contributed by atoms with Crippen LogP contribution in [0.15, 0.2) is 24.3 Å². The smallest absolute Gasteiger partial charge is 0.410 e. The molecule has 0 aromatic heterocycles. The summed E-state index contributed by atoms with van der Waals surface area (Å²) in [7, 11) is 3.27. The highest BCUT2D eigenvalue weighted by Gasteiger charge is 2.51. The van der Waals surface area contributed by atoms with E-state index in [0.717, 1.165) is 11.1 Å². The van der Waals surface area contributed by atoms with Crippen LogP contribution >= 0.6 is 0 Å². The van der Waals surface area contributed by atoms with Crippen LogP contribution in [0.25, 0.3) is 0 Å². The molecule has 1 amide bonds. The maximum Gasteiger partial charge on any atom is 0.410 e. The first-order valence-electron chi connectivity index (χ1n) is 9.90. The molecular weight excluding hydrogens is 374 g/mol. The van der Waals surface area contributed by atoms with Crippen molar-refractivity contribution in [1.29, 1.82) is 0 Å². The highest BCUT2D eigenvalue weighted by atomic mass is 16.6. The molecule has 3 rings (SSSR count). The molecule has 0 spiro atoms. The van der Waals surface area contributed by atoms with Crippen molar-refractivity contribution in [1.82, 2.24) is 4.90 Å². The second-order valence-corrected chi connectivity index (χ2v) is 8.75. The van der Waals surface area contributed by atoms with Gasteiger partial charge in [0.05, 0.1) is 18.6 Å². The third-order valence-corrected chi connectivity index (χ3v) is 5.44. The molecule has 29 heavy (non-hydrogen) atoms. The van der Waals surface area contributed by atoms with Crippen LogP contribution in [0.4, 0.5) is 4.79 Å². The highest BCUT2D eigenvalue weighted by Crippen LogP contribution is 2.54. The van der Waals surface area contributed by atoms with E-state index in [1.165, 1.54) is 4.90 Å². The Hall–Kier alpha value is -2.25. The lowest BCUT2D eigenvalue weighted by Crippen LogP contribution is -2.43. The summed E-state index contributed by atoms with van der Waals surface area (Å²) in [5.74, 6) is 1.21. The van der Waals surface area contributed by atoms with E-state index in [1.807, 2.05) is 39.0 Å². The average molecular weight is 405 g/mol.